The average molecular weight is 246 g/mol. The molecule has 0 amide bonds. The molecule has 0 aromatic carbocycles. The third kappa shape index (κ3) is 8.05. The van der Waals surface area contributed by atoms with Gasteiger partial charge >= 0.3 is 0 Å². The van der Waals surface area contributed by atoms with Crippen molar-refractivity contribution in [2.24, 2.45) is 4.52 Å². The first-order valence-corrected chi connectivity index (χ1v) is 9.46. The van der Waals surface area contributed by atoms with E-state index in [2.05, 4.69) is 16.3 Å². The molecule has 0 aliphatic rings. The second-order valence-corrected chi connectivity index (χ2v) is 14.2. The lowest BCUT2D eigenvalue weighted by molar-refractivity contribution is 2.10. The van der Waals surface area contributed by atoms with Gasteiger partial charge in [-0.1, -0.05) is 45.5 Å². The third-order valence-electron chi connectivity index (χ3n) is 0.187. The van der Waals surface area contributed by atoms with Crippen LogP contribution < -0.4 is 0 Å². The van der Waals surface area contributed by atoms with E-state index in [1.165, 1.54) is 0 Å². The third-order valence-corrected chi connectivity index (χ3v) is 5.04. The first-order valence-electron chi connectivity index (χ1n) is 1.33. The highest BCUT2D eigenvalue weighted by Crippen LogP contribution is 2.69. The van der Waals surface area contributed by atoms with E-state index in [0.717, 1.165) is 0 Å². The van der Waals surface area contributed by atoms with Gasteiger partial charge in [0.05, 0.1) is 8.06 Å². The molecule has 0 bridgehead atoms. The molecule has 8 heteroatoms. The minimum Gasteiger partial charge on any atom is -0.224 e. The highest BCUT2D eigenvalue weighted by atomic mass is 35.9. The van der Waals surface area contributed by atoms with Crippen LogP contribution in [0.1, 0.15) is 0 Å². The Morgan fingerprint density at radius 3 is 2.25 bits per heavy atom. The summed E-state index contributed by atoms with van der Waals surface area (Å²) >= 11 is 20.7. The van der Waals surface area contributed by atoms with E-state index in [0.29, 0.717) is 8.06 Å². The van der Waals surface area contributed by atoms with E-state index < -0.39 is 4.43 Å². The lowest BCUT2D eigenvalue weighted by atomic mass is 13.9. The van der Waals surface area contributed by atoms with Gasteiger partial charge in [-0.3, -0.25) is 0 Å². The van der Waals surface area contributed by atoms with E-state index in [-0.39, 0.29) is 8.08 Å². The highest BCUT2D eigenvalue weighted by Gasteiger charge is 2.02. The average Bonchev–Trinajstić information content (AvgIpc) is 1.59. The van der Waals surface area contributed by atoms with Crippen LogP contribution in [0, 0.1) is 0 Å². The van der Waals surface area contributed by atoms with Crippen molar-refractivity contribution in [3.63, 3.8) is 0 Å². The summed E-state index contributed by atoms with van der Waals surface area (Å²) in [4.78, 5) is 0. The fraction of sp³-hybridized carbons (Fsp3) is 0. The summed E-state index contributed by atoms with van der Waals surface area (Å²) in [5, 5.41) is 0. The van der Waals surface area contributed by atoms with Gasteiger partial charge in [0, 0.05) is 0 Å². The summed E-state index contributed by atoms with van der Waals surface area (Å²) in [6.45, 7) is 0. The van der Waals surface area contributed by atoms with Gasteiger partial charge in [-0.15, -0.1) is 0 Å². The molecule has 1 unspecified atom stereocenters. The molecular weight excluding hydrogens is 245 g/mol. The Morgan fingerprint density at radius 1 is 1.62 bits per heavy atom. The fourth-order valence-corrected chi connectivity index (χ4v) is 5.59. The first kappa shape index (κ1) is 10.0. The van der Waals surface area contributed by atoms with Crippen molar-refractivity contribution in [3.05, 3.63) is 0 Å². The summed E-state index contributed by atoms with van der Waals surface area (Å²) in [5.74, 6) is 0. The standard InChI is InChI=1S/Cl3HNP3S/c1-5-4-6-7(2,3)8/h5H. The van der Waals surface area contributed by atoms with Gasteiger partial charge in [0.2, 0.25) is 0 Å². The Hall–Kier alpha value is 2.05. The molecular formula is HCl3NP3S. The maximum Gasteiger partial charge on any atom is 0.182 e. The van der Waals surface area contributed by atoms with Crippen molar-refractivity contribution >= 4 is 66.1 Å². The zero-order valence-corrected chi connectivity index (χ0v) is 9.26. The van der Waals surface area contributed by atoms with Crippen LogP contribution in [0.5, 0.6) is 0 Å². The lowest BCUT2D eigenvalue weighted by Crippen LogP contribution is -1.25. The maximum atomic E-state index is 5.44. The molecule has 0 aliphatic heterocycles. The highest BCUT2D eigenvalue weighted by molar-refractivity contribution is 8.64. The van der Waals surface area contributed by atoms with Crippen LogP contribution in [0.3, 0.4) is 0 Å². The Morgan fingerprint density at radius 2 is 2.12 bits per heavy atom. The number of nitrogens with zero attached hydrogens (tertiary/aromatic N) is 1. The molecule has 0 radical (unpaired) electrons. The van der Waals surface area contributed by atoms with Crippen LogP contribution in [0.25, 0.3) is 0 Å². The maximum absolute atomic E-state index is 5.44. The number of hydrogen-bond acceptors (Lipinski definition) is 2. The van der Waals surface area contributed by atoms with Gasteiger partial charge in [0.15, 0.2) is 4.43 Å². The monoisotopic (exact) mass is 245 g/mol. The van der Waals surface area contributed by atoms with E-state index in [1.807, 2.05) is 0 Å². The summed E-state index contributed by atoms with van der Waals surface area (Å²) in [6.07, 6.45) is 0. The predicted octanol–water partition coefficient (Wildman–Crippen LogP) is 4.57. The van der Waals surface area contributed by atoms with Crippen LogP contribution >= 0.6 is 54.3 Å². The molecule has 8 heavy (non-hydrogen) atoms. The normalized spacial score (nSPS) is 14.4. The molecule has 0 saturated heterocycles. The molecule has 0 fully saturated rings. The van der Waals surface area contributed by atoms with Gasteiger partial charge in [-0.2, -0.15) is 0 Å². The number of halogens is 3. The van der Waals surface area contributed by atoms with E-state index in [9.17, 15) is 0 Å². The fourth-order valence-electron chi connectivity index (χ4n) is 0.0690. The molecule has 0 aromatic heterocycles. The summed E-state index contributed by atoms with van der Waals surface area (Å²) in [7, 11) is 0.558. The molecule has 0 aliphatic carbocycles. The molecule has 1 atom stereocenters. The quantitative estimate of drug-likeness (QED) is 0.650. The smallest absolute Gasteiger partial charge is 0.182 e. The van der Waals surface area contributed by atoms with Crippen LogP contribution in [0.15, 0.2) is 4.52 Å². The van der Waals surface area contributed by atoms with Gasteiger partial charge in [-0.25, -0.2) is 4.52 Å². The Bertz CT molecular complexity index is 126. The van der Waals surface area contributed by atoms with Crippen molar-refractivity contribution in [1.82, 2.24) is 0 Å². The summed E-state index contributed by atoms with van der Waals surface area (Å²) in [6, 6.07) is 0. The lowest BCUT2D eigenvalue weighted by Gasteiger charge is -1.88. The molecule has 0 heterocycles. The van der Waals surface area contributed by atoms with Gasteiger partial charge in [-0.05, 0) is 0 Å². The van der Waals surface area contributed by atoms with Gasteiger partial charge in [0.25, 0.3) is 0 Å². The molecule has 0 saturated carbocycles. The van der Waals surface area contributed by atoms with Crippen molar-refractivity contribution in [3.8, 4) is 0 Å². The molecule has 0 aromatic rings. The summed E-state index contributed by atoms with van der Waals surface area (Å²) in [5.41, 5.74) is 0. The van der Waals surface area contributed by atoms with Crippen molar-refractivity contribution in [2.75, 3.05) is 0 Å². The number of rotatable bonds is 2. The van der Waals surface area contributed by atoms with Crippen LogP contribution in [-0.4, -0.2) is 0 Å². The second kappa shape index (κ2) is 4.80. The SMILES string of the molecule is S=P(Cl)(Cl)P=NPCl. The predicted molar refractivity (Wildman–Crippen MR) is 49.5 cm³/mol. The first-order chi connectivity index (χ1) is 3.56. The zero-order chi connectivity index (χ0) is 6.62. The van der Waals surface area contributed by atoms with Crippen molar-refractivity contribution in [2.45, 2.75) is 0 Å². The largest absolute Gasteiger partial charge is 0.224 e. The zero-order valence-electron chi connectivity index (χ0n) is 3.38. The summed E-state index contributed by atoms with van der Waals surface area (Å²) < 4.78 is 1.51. The minimum absolute atomic E-state index is 0.00843. The molecule has 48 valence electrons. The van der Waals surface area contributed by atoms with Crippen LogP contribution in [-0.2, 0) is 11.8 Å². The minimum atomic E-state index is -2.18. The topological polar surface area (TPSA) is 12.4 Å². The van der Waals surface area contributed by atoms with Crippen molar-refractivity contribution < 1.29 is 0 Å². The Kier molecular flexibility index (Phi) is 6.03. The second-order valence-electron chi connectivity index (χ2n) is 0.709. The molecule has 1 nitrogen and oxygen atoms in total. The van der Waals surface area contributed by atoms with Crippen molar-refractivity contribution in [1.29, 1.82) is 0 Å². The Labute approximate surface area is 70.5 Å². The van der Waals surface area contributed by atoms with E-state index in [4.69, 9.17) is 33.7 Å². The van der Waals surface area contributed by atoms with Gasteiger partial charge < -0.3 is 0 Å². The van der Waals surface area contributed by atoms with E-state index in [1.54, 1.807) is 0 Å². The van der Waals surface area contributed by atoms with Crippen LogP contribution in [0.2, 0.25) is 0 Å². The molecule has 0 rings (SSSR count). The molecule has 0 spiro atoms. The van der Waals surface area contributed by atoms with E-state index >= 15 is 0 Å². The molecule has 0 N–H and O–H groups in total. The van der Waals surface area contributed by atoms with Gasteiger partial charge in [0.1, 0.15) is 8.08 Å². The number of hydrogen-bond donors (Lipinski definition) is 0. The Balaban J connectivity index is 3.71. The van der Waals surface area contributed by atoms with Crippen LogP contribution in [0.4, 0.5) is 0 Å².